The molecule has 114 valence electrons. The van der Waals surface area contributed by atoms with Crippen LogP contribution in [0.1, 0.15) is 64.9 Å². The second-order valence-electron chi connectivity index (χ2n) is 7.39. The number of halogens is 1. The van der Waals surface area contributed by atoms with Crippen molar-refractivity contribution in [1.82, 2.24) is 0 Å². The molecule has 1 aromatic rings. The van der Waals surface area contributed by atoms with Crippen molar-refractivity contribution >= 4 is 24.2 Å². The molecule has 4 heteroatoms. The zero-order chi connectivity index (χ0) is 15.3. The quantitative estimate of drug-likeness (QED) is 0.759. The van der Waals surface area contributed by atoms with Gasteiger partial charge in [0.25, 0.3) is 0 Å². The zero-order valence-corrected chi connectivity index (χ0v) is 14.2. The van der Waals surface area contributed by atoms with E-state index in [4.69, 9.17) is 20.9 Å². The predicted molar refractivity (Wildman–Crippen MR) is 88.4 cm³/mol. The lowest BCUT2D eigenvalue weighted by Crippen LogP contribution is -2.41. The van der Waals surface area contributed by atoms with Gasteiger partial charge in [-0.2, -0.15) is 0 Å². The topological polar surface area (TPSA) is 18.5 Å². The van der Waals surface area contributed by atoms with Crippen molar-refractivity contribution in [3.8, 4) is 0 Å². The van der Waals surface area contributed by atoms with Crippen LogP contribution in [0.25, 0.3) is 0 Å². The highest BCUT2D eigenvalue weighted by atomic mass is 35.5. The Hall–Kier alpha value is -0.505. The summed E-state index contributed by atoms with van der Waals surface area (Å²) in [4.78, 5) is 0. The molecule has 0 bridgehead atoms. The summed E-state index contributed by atoms with van der Waals surface area (Å²) in [5.41, 5.74) is 1.76. The van der Waals surface area contributed by atoms with Gasteiger partial charge < -0.3 is 9.31 Å². The summed E-state index contributed by atoms with van der Waals surface area (Å²) in [7, 11) is -0.325. The first kappa shape index (κ1) is 15.4. The maximum atomic E-state index is 6.34. The van der Waals surface area contributed by atoms with Gasteiger partial charge in [-0.15, -0.1) is 0 Å². The molecule has 3 rings (SSSR count). The van der Waals surface area contributed by atoms with Crippen molar-refractivity contribution in [3.63, 3.8) is 0 Å². The molecule has 2 aliphatic rings. The van der Waals surface area contributed by atoms with Gasteiger partial charge in [0.1, 0.15) is 0 Å². The number of benzene rings is 1. The maximum absolute atomic E-state index is 6.34. The molecule has 1 saturated carbocycles. The molecular formula is C17H24BClO2. The number of hydrogen-bond acceptors (Lipinski definition) is 2. The van der Waals surface area contributed by atoms with Crippen LogP contribution in [0.15, 0.2) is 18.2 Å². The average molecular weight is 307 g/mol. The monoisotopic (exact) mass is 306 g/mol. The van der Waals surface area contributed by atoms with E-state index in [2.05, 4.69) is 39.8 Å². The van der Waals surface area contributed by atoms with Gasteiger partial charge in [0.2, 0.25) is 0 Å². The molecule has 0 atom stereocenters. The molecule has 2 nitrogen and oxygen atoms in total. The maximum Gasteiger partial charge on any atom is 0.494 e. The third kappa shape index (κ3) is 2.88. The first-order chi connectivity index (χ1) is 9.78. The minimum absolute atomic E-state index is 0.312. The summed E-state index contributed by atoms with van der Waals surface area (Å²) in [6.07, 6.45) is 5.18. The van der Waals surface area contributed by atoms with Crippen molar-refractivity contribution in [2.75, 3.05) is 0 Å². The Morgan fingerprint density at radius 2 is 1.57 bits per heavy atom. The predicted octanol–water partition coefficient (Wildman–Crippen LogP) is 4.30. The third-order valence-electron chi connectivity index (χ3n) is 5.29. The molecule has 1 saturated heterocycles. The highest BCUT2D eigenvalue weighted by molar-refractivity contribution is 6.62. The van der Waals surface area contributed by atoms with Gasteiger partial charge in [0.15, 0.2) is 0 Å². The fourth-order valence-corrected chi connectivity index (χ4v) is 3.50. The summed E-state index contributed by atoms with van der Waals surface area (Å²) in [6.45, 7) is 8.32. The van der Waals surface area contributed by atoms with Crippen molar-refractivity contribution in [2.45, 2.75) is 70.5 Å². The Kier molecular flexibility index (Phi) is 3.88. The van der Waals surface area contributed by atoms with Gasteiger partial charge >= 0.3 is 7.12 Å². The molecular weight excluding hydrogens is 282 g/mol. The zero-order valence-electron chi connectivity index (χ0n) is 13.4. The fraction of sp³-hybridized carbons (Fsp3) is 0.647. The van der Waals surface area contributed by atoms with E-state index in [1.54, 1.807) is 0 Å². The fourth-order valence-electron chi connectivity index (χ4n) is 3.25. The second kappa shape index (κ2) is 5.29. The Morgan fingerprint density at radius 1 is 1.00 bits per heavy atom. The van der Waals surface area contributed by atoms with Crippen LogP contribution in [0.5, 0.6) is 0 Å². The highest BCUT2D eigenvalue weighted by Gasteiger charge is 2.51. The van der Waals surface area contributed by atoms with E-state index in [0.29, 0.717) is 5.92 Å². The van der Waals surface area contributed by atoms with Crippen molar-refractivity contribution in [2.24, 2.45) is 0 Å². The first-order valence-corrected chi connectivity index (χ1v) is 8.32. The first-order valence-electron chi connectivity index (χ1n) is 7.94. The Morgan fingerprint density at radius 3 is 2.14 bits per heavy atom. The lowest BCUT2D eigenvalue weighted by Gasteiger charge is -2.32. The Balaban J connectivity index is 1.89. The Labute approximate surface area is 133 Å². The highest BCUT2D eigenvalue weighted by Crippen LogP contribution is 2.38. The van der Waals surface area contributed by atoms with Gasteiger partial charge in [-0.05, 0) is 69.6 Å². The van der Waals surface area contributed by atoms with Crippen molar-refractivity contribution in [1.29, 1.82) is 0 Å². The van der Waals surface area contributed by atoms with Crippen LogP contribution in [-0.4, -0.2) is 18.3 Å². The van der Waals surface area contributed by atoms with Gasteiger partial charge in [0.05, 0.1) is 11.2 Å². The largest absolute Gasteiger partial charge is 0.494 e. The normalized spacial score (nSPS) is 24.7. The van der Waals surface area contributed by atoms with Gasteiger partial charge in [-0.3, -0.25) is 0 Å². The molecule has 1 aromatic carbocycles. The third-order valence-corrected chi connectivity index (χ3v) is 5.51. The number of rotatable bonds is 2. The minimum Gasteiger partial charge on any atom is -0.399 e. The van der Waals surface area contributed by atoms with E-state index in [1.807, 2.05) is 6.07 Å². The van der Waals surface area contributed by atoms with Crippen LogP contribution in [0.4, 0.5) is 0 Å². The molecule has 0 radical (unpaired) electrons. The molecule has 0 aromatic heterocycles. The standard InChI is InChI=1S/C17H24BClO2/c1-16(2)17(3,4)21-18(20-16)14-9-13(10-15(19)11-14)12-7-5-6-8-12/h9-12H,5-8H2,1-4H3. The molecule has 21 heavy (non-hydrogen) atoms. The van der Waals surface area contributed by atoms with Crippen LogP contribution in [-0.2, 0) is 9.31 Å². The molecule has 1 aliphatic carbocycles. The minimum atomic E-state index is -0.325. The lowest BCUT2D eigenvalue weighted by molar-refractivity contribution is 0.00578. The summed E-state index contributed by atoms with van der Waals surface area (Å²) in [5, 5.41) is 0.782. The van der Waals surface area contributed by atoms with E-state index >= 15 is 0 Å². The summed E-state index contributed by atoms with van der Waals surface area (Å²) < 4.78 is 12.3. The van der Waals surface area contributed by atoms with E-state index in [0.717, 1.165) is 10.5 Å². The van der Waals surface area contributed by atoms with Gasteiger partial charge in [0, 0.05) is 5.02 Å². The summed E-state index contributed by atoms with van der Waals surface area (Å²) in [6, 6.07) is 6.30. The Bertz CT molecular complexity index is 520. The summed E-state index contributed by atoms with van der Waals surface area (Å²) in [5.74, 6) is 0.643. The van der Waals surface area contributed by atoms with E-state index in [-0.39, 0.29) is 18.3 Å². The molecule has 1 aliphatic heterocycles. The SMILES string of the molecule is CC1(C)OB(c2cc(Cl)cc(C3CCCC3)c2)OC1(C)C. The molecule has 0 spiro atoms. The van der Waals surface area contributed by atoms with Crippen LogP contribution >= 0.6 is 11.6 Å². The molecule has 0 unspecified atom stereocenters. The molecule has 2 fully saturated rings. The van der Waals surface area contributed by atoms with E-state index < -0.39 is 0 Å². The molecule has 0 amide bonds. The summed E-state index contributed by atoms with van der Waals surface area (Å²) >= 11 is 6.34. The molecule has 1 heterocycles. The average Bonchev–Trinajstić information content (AvgIpc) is 2.96. The molecule has 0 N–H and O–H groups in total. The van der Waals surface area contributed by atoms with Crippen LogP contribution < -0.4 is 5.46 Å². The van der Waals surface area contributed by atoms with Crippen molar-refractivity contribution < 1.29 is 9.31 Å². The smallest absolute Gasteiger partial charge is 0.399 e. The van der Waals surface area contributed by atoms with E-state index in [1.165, 1.54) is 31.2 Å². The van der Waals surface area contributed by atoms with Gasteiger partial charge in [-0.1, -0.05) is 30.5 Å². The van der Waals surface area contributed by atoms with E-state index in [9.17, 15) is 0 Å². The van der Waals surface area contributed by atoms with Crippen molar-refractivity contribution in [3.05, 3.63) is 28.8 Å². The van der Waals surface area contributed by atoms with Gasteiger partial charge in [-0.25, -0.2) is 0 Å². The van der Waals surface area contributed by atoms with Crippen LogP contribution in [0.2, 0.25) is 5.02 Å². The van der Waals surface area contributed by atoms with Crippen LogP contribution in [0, 0.1) is 0 Å². The van der Waals surface area contributed by atoms with Crippen LogP contribution in [0.3, 0.4) is 0 Å². The lowest BCUT2D eigenvalue weighted by atomic mass is 9.77. The second-order valence-corrected chi connectivity index (χ2v) is 7.82. The number of hydrogen-bond donors (Lipinski definition) is 0.